The summed E-state index contributed by atoms with van der Waals surface area (Å²) in [7, 11) is 0. The number of nitrogens with zero attached hydrogens (tertiary/aromatic N) is 2. The molecule has 5 heteroatoms. The van der Waals surface area contributed by atoms with Crippen LogP contribution in [0.15, 0.2) is 6.20 Å². The summed E-state index contributed by atoms with van der Waals surface area (Å²) in [6.07, 6.45) is 5.73. The Balaban J connectivity index is 1.55. The van der Waals surface area contributed by atoms with Gasteiger partial charge in [-0.3, -0.25) is 9.69 Å². The van der Waals surface area contributed by atoms with Gasteiger partial charge in [0.1, 0.15) is 5.82 Å². The Morgan fingerprint density at radius 2 is 2.17 bits per heavy atom. The summed E-state index contributed by atoms with van der Waals surface area (Å²) in [5, 5.41) is 3.17. The number of amides is 1. The Hall–Kier alpha value is -1.36. The SMILES string of the molecule is Cc1cnc(CN2CCC3(CCC(=O)N3)CC2)[nH]1. The van der Waals surface area contributed by atoms with E-state index in [-0.39, 0.29) is 11.4 Å². The maximum absolute atomic E-state index is 11.4. The van der Waals surface area contributed by atoms with E-state index in [0.717, 1.165) is 50.4 Å². The number of carbonyl (C=O) groups excluding carboxylic acids is 1. The summed E-state index contributed by atoms with van der Waals surface area (Å²) in [6, 6.07) is 0. The molecule has 1 aromatic rings. The fraction of sp³-hybridized carbons (Fsp3) is 0.692. The van der Waals surface area contributed by atoms with Crippen LogP contribution in [0.25, 0.3) is 0 Å². The normalized spacial score (nSPS) is 23.5. The van der Waals surface area contributed by atoms with Gasteiger partial charge >= 0.3 is 0 Å². The average molecular weight is 248 g/mol. The predicted molar refractivity (Wildman–Crippen MR) is 67.9 cm³/mol. The molecule has 2 aliphatic heterocycles. The molecular formula is C13H20N4O. The van der Waals surface area contributed by atoms with Crippen molar-refractivity contribution in [2.24, 2.45) is 0 Å². The van der Waals surface area contributed by atoms with Crippen LogP contribution in [-0.4, -0.2) is 39.4 Å². The van der Waals surface area contributed by atoms with Crippen LogP contribution in [0, 0.1) is 6.92 Å². The monoisotopic (exact) mass is 248 g/mol. The van der Waals surface area contributed by atoms with E-state index >= 15 is 0 Å². The molecule has 2 fully saturated rings. The van der Waals surface area contributed by atoms with E-state index in [0.29, 0.717) is 6.42 Å². The van der Waals surface area contributed by atoms with Crippen LogP contribution in [0.3, 0.4) is 0 Å². The molecule has 0 atom stereocenters. The van der Waals surface area contributed by atoms with Gasteiger partial charge in [0.25, 0.3) is 0 Å². The fourth-order valence-electron chi connectivity index (χ4n) is 3.05. The zero-order chi connectivity index (χ0) is 12.6. The van der Waals surface area contributed by atoms with Gasteiger partial charge < -0.3 is 10.3 Å². The third kappa shape index (κ3) is 2.27. The Bertz CT molecular complexity index is 446. The van der Waals surface area contributed by atoms with Crippen LogP contribution >= 0.6 is 0 Å². The van der Waals surface area contributed by atoms with Crippen molar-refractivity contribution in [2.75, 3.05) is 13.1 Å². The molecule has 1 aromatic heterocycles. The second kappa shape index (κ2) is 4.39. The molecule has 2 aliphatic rings. The average Bonchev–Trinajstić information content (AvgIpc) is 2.90. The number of rotatable bonds is 2. The number of aryl methyl sites for hydroxylation is 1. The highest BCUT2D eigenvalue weighted by atomic mass is 16.2. The summed E-state index contributed by atoms with van der Waals surface area (Å²) < 4.78 is 0. The lowest BCUT2D eigenvalue weighted by molar-refractivity contribution is -0.120. The molecule has 98 valence electrons. The Morgan fingerprint density at radius 3 is 2.72 bits per heavy atom. The first kappa shape index (κ1) is 11.7. The first-order valence-corrected chi connectivity index (χ1v) is 6.69. The fourth-order valence-corrected chi connectivity index (χ4v) is 3.05. The van der Waals surface area contributed by atoms with E-state index in [1.54, 1.807) is 0 Å². The zero-order valence-electron chi connectivity index (χ0n) is 10.8. The number of likely N-dealkylation sites (tertiary alicyclic amines) is 1. The second-order valence-electron chi connectivity index (χ2n) is 5.62. The molecule has 0 aliphatic carbocycles. The maximum Gasteiger partial charge on any atom is 0.220 e. The molecule has 1 amide bonds. The molecule has 2 N–H and O–H groups in total. The third-order valence-corrected chi connectivity index (χ3v) is 4.18. The van der Waals surface area contributed by atoms with Crippen molar-refractivity contribution < 1.29 is 4.79 Å². The van der Waals surface area contributed by atoms with Crippen LogP contribution in [0.2, 0.25) is 0 Å². The van der Waals surface area contributed by atoms with Crippen molar-refractivity contribution in [1.29, 1.82) is 0 Å². The van der Waals surface area contributed by atoms with Crippen molar-refractivity contribution in [3.8, 4) is 0 Å². The molecule has 18 heavy (non-hydrogen) atoms. The number of imidazole rings is 1. The minimum Gasteiger partial charge on any atom is -0.351 e. The molecule has 3 heterocycles. The van der Waals surface area contributed by atoms with Crippen molar-refractivity contribution >= 4 is 5.91 Å². The molecular weight excluding hydrogens is 228 g/mol. The van der Waals surface area contributed by atoms with Gasteiger partial charge in [0.05, 0.1) is 6.54 Å². The molecule has 2 saturated heterocycles. The minimum absolute atomic E-state index is 0.104. The van der Waals surface area contributed by atoms with Crippen molar-refractivity contribution in [2.45, 2.75) is 44.7 Å². The number of aromatic nitrogens is 2. The summed E-state index contributed by atoms with van der Waals surface area (Å²) in [4.78, 5) is 21.4. The van der Waals surface area contributed by atoms with Gasteiger partial charge in [0.2, 0.25) is 5.91 Å². The van der Waals surface area contributed by atoms with Gasteiger partial charge in [-0.15, -0.1) is 0 Å². The maximum atomic E-state index is 11.4. The van der Waals surface area contributed by atoms with Crippen molar-refractivity contribution in [1.82, 2.24) is 20.2 Å². The van der Waals surface area contributed by atoms with E-state index in [2.05, 4.69) is 20.2 Å². The topological polar surface area (TPSA) is 61.0 Å². The third-order valence-electron chi connectivity index (χ3n) is 4.18. The highest BCUT2D eigenvalue weighted by molar-refractivity contribution is 5.79. The molecule has 5 nitrogen and oxygen atoms in total. The van der Waals surface area contributed by atoms with Gasteiger partial charge in [-0.25, -0.2) is 4.98 Å². The second-order valence-corrected chi connectivity index (χ2v) is 5.62. The number of H-pyrrole nitrogens is 1. The van der Waals surface area contributed by atoms with E-state index in [9.17, 15) is 4.79 Å². The number of aromatic amines is 1. The van der Waals surface area contributed by atoms with E-state index in [1.807, 2.05) is 13.1 Å². The first-order valence-electron chi connectivity index (χ1n) is 6.69. The summed E-state index contributed by atoms with van der Waals surface area (Å²) >= 11 is 0. The molecule has 0 radical (unpaired) electrons. The molecule has 1 spiro atoms. The molecule has 0 unspecified atom stereocenters. The van der Waals surface area contributed by atoms with Gasteiger partial charge in [-0.2, -0.15) is 0 Å². The van der Waals surface area contributed by atoms with E-state index in [1.165, 1.54) is 0 Å². The van der Waals surface area contributed by atoms with Crippen LogP contribution in [0.5, 0.6) is 0 Å². The lowest BCUT2D eigenvalue weighted by Crippen LogP contribution is -2.50. The van der Waals surface area contributed by atoms with Gasteiger partial charge in [-0.1, -0.05) is 0 Å². The van der Waals surface area contributed by atoms with E-state index in [4.69, 9.17) is 0 Å². The lowest BCUT2D eigenvalue weighted by atomic mass is 9.86. The number of hydrogen-bond donors (Lipinski definition) is 2. The molecule has 3 rings (SSSR count). The van der Waals surface area contributed by atoms with Crippen LogP contribution < -0.4 is 5.32 Å². The van der Waals surface area contributed by atoms with Crippen LogP contribution in [0.4, 0.5) is 0 Å². The molecule has 0 bridgehead atoms. The summed E-state index contributed by atoms with van der Waals surface area (Å²) in [5.41, 5.74) is 1.22. The Kier molecular flexibility index (Phi) is 2.86. The van der Waals surface area contributed by atoms with Crippen LogP contribution in [0.1, 0.15) is 37.2 Å². The first-order chi connectivity index (χ1) is 8.65. The van der Waals surface area contributed by atoms with Crippen molar-refractivity contribution in [3.63, 3.8) is 0 Å². The lowest BCUT2D eigenvalue weighted by Gasteiger charge is -2.38. The number of nitrogens with one attached hydrogen (secondary N) is 2. The molecule has 0 aromatic carbocycles. The summed E-state index contributed by atoms with van der Waals surface area (Å²) in [5.74, 6) is 1.27. The number of carbonyl (C=O) groups is 1. The van der Waals surface area contributed by atoms with Gasteiger partial charge in [0.15, 0.2) is 0 Å². The Morgan fingerprint density at radius 1 is 1.39 bits per heavy atom. The van der Waals surface area contributed by atoms with Gasteiger partial charge in [-0.05, 0) is 26.2 Å². The predicted octanol–water partition coefficient (Wildman–Crippen LogP) is 0.963. The van der Waals surface area contributed by atoms with Crippen LogP contribution in [-0.2, 0) is 11.3 Å². The molecule has 0 saturated carbocycles. The van der Waals surface area contributed by atoms with E-state index < -0.39 is 0 Å². The quantitative estimate of drug-likeness (QED) is 0.819. The Labute approximate surface area is 107 Å². The standard InChI is InChI=1S/C13H20N4O/c1-10-8-14-11(15-10)9-17-6-4-13(5-7-17)3-2-12(18)16-13/h8H,2-7,9H2,1H3,(H,14,15)(H,16,18). The van der Waals surface area contributed by atoms with Gasteiger partial charge in [0, 0.05) is 36.9 Å². The minimum atomic E-state index is 0.104. The highest BCUT2D eigenvalue weighted by Gasteiger charge is 2.40. The zero-order valence-corrected chi connectivity index (χ0v) is 10.8. The summed E-state index contributed by atoms with van der Waals surface area (Å²) in [6.45, 7) is 4.99. The smallest absolute Gasteiger partial charge is 0.220 e. The highest BCUT2D eigenvalue weighted by Crippen LogP contribution is 2.31. The van der Waals surface area contributed by atoms with Crippen molar-refractivity contribution in [3.05, 3.63) is 17.7 Å². The number of hydrogen-bond acceptors (Lipinski definition) is 3. The number of piperidine rings is 1. The largest absolute Gasteiger partial charge is 0.351 e.